The highest BCUT2D eigenvalue weighted by Crippen LogP contribution is 2.30. The van der Waals surface area contributed by atoms with Gasteiger partial charge >= 0.3 is 0 Å². The number of ketones is 1. The van der Waals surface area contributed by atoms with Gasteiger partial charge in [-0.25, -0.2) is 4.68 Å². The third-order valence-corrected chi connectivity index (χ3v) is 3.89. The SMILES string of the molecule is C=CCn1nc(C)c(C(=O)c2ccc(Cl)cc2Cl)c1OCC(C)C. The molecule has 0 N–H and O–H groups in total. The molecular formula is C18H20Cl2N2O2. The maximum Gasteiger partial charge on any atom is 0.223 e. The Morgan fingerprint density at radius 1 is 1.42 bits per heavy atom. The van der Waals surface area contributed by atoms with Crippen LogP contribution in [0.4, 0.5) is 0 Å². The first-order valence-electron chi connectivity index (χ1n) is 7.66. The molecule has 0 aliphatic rings. The van der Waals surface area contributed by atoms with Crippen LogP contribution in [-0.4, -0.2) is 22.2 Å². The van der Waals surface area contributed by atoms with Crippen LogP contribution in [0.1, 0.15) is 35.5 Å². The van der Waals surface area contributed by atoms with E-state index < -0.39 is 0 Å². The van der Waals surface area contributed by atoms with Crippen LogP contribution < -0.4 is 4.74 Å². The van der Waals surface area contributed by atoms with Gasteiger partial charge in [0, 0.05) is 10.6 Å². The van der Waals surface area contributed by atoms with Gasteiger partial charge in [-0.1, -0.05) is 43.1 Å². The molecule has 0 aliphatic carbocycles. The second-order valence-corrected chi connectivity index (χ2v) is 6.74. The summed E-state index contributed by atoms with van der Waals surface area (Å²) in [7, 11) is 0. The van der Waals surface area contributed by atoms with Crippen molar-refractivity contribution in [3.63, 3.8) is 0 Å². The van der Waals surface area contributed by atoms with E-state index in [-0.39, 0.29) is 5.78 Å². The zero-order valence-corrected chi connectivity index (χ0v) is 15.5. The minimum absolute atomic E-state index is 0.233. The summed E-state index contributed by atoms with van der Waals surface area (Å²) in [5.74, 6) is 0.528. The van der Waals surface area contributed by atoms with Crippen LogP contribution in [0.3, 0.4) is 0 Å². The average Bonchev–Trinajstić information content (AvgIpc) is 2.80. The molecular weight excluding hydrogens is 347 g/mol. The molecule has 0 spiro atoms. The van der Waals surface area contributed by atoms with E-state index in [2.05, 4.69) is 11.7 Å². The summed E-state index contributed by atoms with van der Waals surface area (Å²) < 4.78 is 7.51. The smallest absolute Gasteiger partial charge is 0.223 e. The van der Waals surface area contributed by atoms with Gasteiger partial charge in [0.1, 0.15) is 5.56 Å². The van der Waals surface area contributed by atoms with Crippen molar-refractivity contribution in [2.75, 3.05) is 6.61 Å². The van der Waals surface area contributed by atoms with E-state index in [1.165, 1.54) is 0 Å². The van der Waals surface area contributed by atoms with Gasteiger partial charge in [0.2, 0.25) is 11.7 Å². The number of rotatable bonds is 7. The number of carbonyl (C=O) groups is 1. The molecule has 1 aromatic heterocycles. The third-order valence-electron chi connectivity index (χ3n) is 3.34. The Morgan fingerprint density at radius 2 is 2.12 bits per heavy atom. The van der Waals surface area contributed by atoms with E-state index >= 15 is 0 Å². The predicted octanol–water partition coefficient (Wildman–Crippen LogP) is 4.95. The second-order valence-electron chi connectivity index (χ2n) is 5.89. The average molecular weight is 367 g/mol. The Balaban J connectivity index is 2.50. The van der Waals surface area contributed by atoms with E-state index in [0.717, 1.165) is 0 Å². The first-order valence-corrected chi connectivity index (χ1v) is 8.41. The van der Waals surface area contributed by atoms with Crippen molar-refractivity contribution < 1.29 is 9.53 Å². The molecule has 24 heavy (non-hydrogen) atoms. The van der Waals surface area contributed by atoms with Crippen molar-refractivity contribution in [2.45, 2.75) is 27.3 Å². The molecule has 2 aromatic rings. The van der Waals surface area contributed by atoms with Gasteiger partial charge < -0.3 is 4.74 Å². The van der Waals surface area contributed by atoms with Gasteiger partial charge in [0.25, 0.3) is 0 Å². The summed E-state index contributed by atoms with van der Waals surface area (Å²) in [5.41, 5.74) is 1.38. The number of ether oxygens (including phenoxy) is 1. The van der Waals surface area contributed by atoms with Crippen LogP contribution in [0.15, 0.2) is 30.9 Å². The monoisotopic (exact) mass is 366 g/mol. The molecule has 1 aromatic carbocycles. The number of halogens is 2. The van der Waals surface area contributed by atoms with Crippen LogP contribution in [0.2, 0.25) is 10.0 Å². The summed E-state index contributed by atoms with van der Waals surface area (Å²) in [6.45, 7) is 10.5. The van der Waals surface area contributed by atoms with Gasteiger partial charge in [-0.15, -0.1) is 6.58 Å². The molecule has 0 radical (unpaired) electrons. The van der Waals surface area contributed by atoms with E-state index in [4.69, 9.17) is 27.9 Å². The fourth-order valence-corrected chi connectivity index (χ4v) is 2.76. The van der Waals surface area contributed by atoms with Crippen molar-refractivity contribution in [2.24, 2.45) is 5.92 Å². The standard InChI is InChI=1S/C18H20Cl2N2O2/c1-5-8-22-18(24-10-11(2)3)16(12(4)21-22)17(23)14-7-6-13(19)9-15(14)20/h5-7,9,11H,1,8,10H2,2-4H3. The van der Waals surface area contributed by atoms with Crippen LogP contribution in [-0.2, 0) is 6.54 Å². The Bertz CT molecular complexity index is 767. The third kappa shape index (κ3) is 4.00. The first kappa shape index (κ1) is 18.6. The topological polar surface area (TPSA) is 44.1 Å². The van der Waals surface area contributed by atoms with Crippen molar-refractivity contribution >= 4 is 29.0 Å². The van der Waals surface area contributed by atoms with Crippen molar-refractivity contribution in [1.82, 2.24) is 9.78 Å². The van der Waals surface area contributed by atoms with Gasteiger partial charge in [-0.05, 0) is 31.0 Å². The van der Waals surface area contributed by atoms with E-state index in [9.17, 15) is 4.79 Å². The largest absolute Gasteiger partial charge is 0.477 e. The van der Waals surface area contributed by atoms with Crippen molar-refractivity contribution in [1.29, 1.82) is 0 Å². The molecule has 1 heterocycles. The number of aryl methyl sites for hydroxylation is 1. The van der Waals surface area contributed by atoms with Crippen LogP contribution in [0.25, 0.3) is 0 Å². The number of hydrogen-bond acceptors (Lipinski definition) is 3. The predicted molar refractivity (Wildman–Crippen MR) is 97.4 cm³/mol. The lowest BCUT2D eigenvalue weighted by Crippen LogP contribution is -2.12. The molecule has 0 unspecified atom stereocenters. The van der Waals surface area contributed by atoms with Gasteiger partial charge in [0.15, 0.2) is 0 Å². The number of carbonyl (C=O) groups excluding carboxylic acids is 1. The fraction of sp³-hybridized carbons (Fsp3) is 0.333. The van der Waals surface area contributed by atoms with Gasteiger partial charge in [-0.2, -0.15) is 5.10 Å². The van der Waals surface area contributed by atoms with E-state index in [0.29, 0.717) is 51.8 Å². The van der Waals surface area contributed by atoms with Crippen molar-refractivity contribution in [3.05, 3.63) is 57.7 Å². The summed E-state index contributed by atoms with van der Waals surface area (Å²) in [4.78, 5) is 13.0. The molecule has 0 fully saturated rings. The maximum absolute atomic E-state index is 13.0. The zero-order chi connectivity index (χ0) is 17.9. The maximum atomic E-state index is 13.0. The highest BCUT2D eigenvalue weighted by Gasteiger charge is 2.25. The molecule has 0 aliphatic heterocycles. The Kier molecular flexibility index (Phi) is 6.08. The summed E-state index contributed by atoms with van der Waals surface area (Å²) in [5, 5.41) is 5.18. The van der Waals surface area contributed by atoms with Crippen LogP contribution in [0, 0.1) is 12.8 Å². The molecule has 0 atom stereocenters. The number of hydrogen-bond donors (Lipinski definition) is 0. The summed E-state index contributed by atoms with van der Waals surface area (Å²) in [6.07, 6.45) is 1.71. The first-order chi connectivity index (χ1) is 11.3. The number of aromatic nitrogens is 2. The van der Waals surface area contributed by atoms with E-state index in [1.807, 2.05) is 13.8 Å². The normalized spacial score (nSPS) is 10.9. The highest BCUT2D eigenvalue weighted by atomic mass is 35.5. The van der Waals surface area contributed by atoms with Gasteiger partial charge in [0.05, 0.1) is 23.9 Å². The van der Waals surface area contributed by atoms with Crippen LogP contribution >= 0.6 is 23.2 Å². The number of nitrogens with zero attached hydrogens (tertiary/aromatic N) is 2. The molecule has 0 saturated heterocycles. The molecule has 0 bridgehead atoms. The molecule has 4 nitrogen and oxygen atoms in total. The quantitative estimate of drug-likeness (QED) is 0.514. The van der Waals surface area contributed by atoms with Gasteiger partial charge in [-0.3, -0.25) is 4.79 Å². The second kappa shape index (κ2) is 7.86. The molecule has 128 valence electrons. The highest BCUT2D eigenvalue weighted by molar-refractivity contribution is 6.37. The number of allylic oxidation sites excluding steroid dienone is 1. The van der Waals surface area contributed by atoms with E-state index in [1.54, 1.807) is 35.9 Å². The summed E-state index contributed by atoms with van der Waals surface area (Å²) >= 11 is 12.1. The van der Waals surface area contributed by atoms with Crippen molar-refractivity contribution in [3.8, 4) is 5.88 Å². The zero-order valence-electron chi connectivity index (χ0n) is 14.0. The lowest BCUT2D eigenvalue weighted by molar-refractivity contribution is 0.103. The fourth-order valence-electron chi connectivity index (χ4n) is 2.27. The Morgan fingerprint density at radius 3 is 2.71 bits per heavy atom. The molecule has 0 saturated carbocycles. The lowest BCUT2D eigenvalue weighted by atomic mass is 10.0. The summed E-state index contributed by atoms with van der Waals surface area (Å²) in [6, 6.07) is 4.80. The minimum Gasteiger partial charge on any atom is -0.477 e. The minimum atomic E-state index is -0.233. The number of benzene rings is 1. The molecule has 6 heteroatoms. The Hall–Kier alpha value is -1.78. The van der Waals surface area contributed by atoms with Crippen LogP contribution in [0.5, 0.6) is 5.88 Å². The lowest BCUT2D eigenvalue weighted by Gasteiger charge is -2.12. The molecule has 0 amide bonds. The Labute approximate surface area is 152 Å². The molecule has 2 rings (SSSR count).